The molecule has 0 radical (unpaired) electrons. The van der Waals surface area contributed by atoms with Crippen molar-refractivity contribution in [2.24, 2.45) is 34.0 Å². The molecule has 6 rings (SSSR count). The lowest BCUT2D eigenvalue weighted by Gasteiger charge is -2.61. The van der Waals surface area contributed by atoms with Gasteiger partial charge in [0.05, 0.1) is 11.3 Å². The quantitative estimate of drug-likeness (QED) is 0.276. The minimum atomic E-state index is -1.70. The van der Waals surface area contributed by atoms with Gasteiger partial charge in [0.1, 0.15) is 18.8 Å². The summed E-state index contributed by atoms with van der Waals surface area (Å²) in [5.74, 6) is -3.52. The van der Waals surface area contributed by atoms with Gasteiger partial charge in [-0.15, -0.1) is 0 Å². The van der Waals surface area contributed by atoms with E-state index in [0.29, 0.717) is 31.3 Å². The molecule has 3 aliphatic carbocycles. The Bertz CT molecular complexity index is 1210. The molecule has 188 valence electrons. The number of fused-ring (bicyclic) bond motifs is 1. The molecule has 7 heteroatoms. The first-order valence-corrected chi connectivity index (χ1v) is 12.7. The van der Waals surface area contributed by atoms with Crippen molar-refractivity contribution < 1.29 is 33.4 Å². The van der Waals surface area contributed by atoms with Gasteiger partial charge in [0.25, 0.3) is 0 Å². The van der Waals surface area contributed by atoms with Crippen molar-refractivity contribution in [3.8, 4) is 0 Å². The van der Waals surface area contributed by atoms with E-state index in [1.54, 1.807) is 6.08 Å². The first-order valence-electron chi connectivity index (χ1n) is 12.7. The van der Waals surface area contributed by atoms with E-state index in [9.17, 15) is 19.2 Å². The van der Waals surface area contributed by atoms with E-state index in [-0.39, 0.29) is 18.0 Å². The van der Waals surface area contributed by atoms with Gasteiger partial charge in [0, 0.05) is 12.0 Å². The van der Waals surface area contributed by atoms with Gasteiger partial charge in [-0.25, -0.2) is 4.79 Å². The number of esters is 3. The Morgan fingerprint density at radius 3 is 2.61 bits per heavy atom. The highest BCUT2D eigenvalue weighted by atomic mass is 16.6. The average Bonchev–Trinajstić information content (AvgIpc) is 3.27. The number of hydrogen-bond donors (Lipinski definition) is 0. The van der Waals surface area contributed by atoms with Gasteiger partial charge < -0.3 is 14.2 Å². The predicted molar refractivity (Wildman–Crippen MR) is 128 cm³/mol. The van der Waals surface area contributed by atoms with Crippen molar-refractivity contribution in [3.63, 3.8) is 0 Å². The molecule has 2 spiro atoms. The normalized spacial score (nSPS) is 40.2. The van der Waals surface area contributed by atoms with Crippen molar-refractivity contribution in [2.45, 2.75) is 51.7 Å². The summed E-state index contributed by atoms with van der Waals surface area (Å²) >= 11 is 0. The fraction of sp³-hybridized carbons (Fsp3) is 0.517. The number of Topliss-reactive ketones (excluding diaryl/α,β-unsaturated/α-hetero) is 1. The second kappa shape index (κ2) is 7.64. The smallest absolute Gasteiger partial charge is 0.331 e. The number of benzene rings is 1. The van der Waals surface area contributed by atoms with Crippen molar-refractivity contribution in [1.82, 2.24) is 0 Å². The zero-order chi connectivity index (χ0) is 25.5. The van der Waals surface area contributed by atoms with E-state index in [0.717, 1.165) is 5.56 Å². The van der Waals surface area contributed by atoms with Crippen LogP contribution >= 0.6 is 0 Å². The highest BCUT2D eigenvalue weighted by Crippen LogP contribution is 2.71. The molecule has 7 nitrogen and oxygen atoms in total. The number of hydrogen-bond acceptors (Lipinski definition) is 7. The number of cyclic esters (lactones) is 1. The highest BCUT2D eigenvalue weighted by molar-refractivity contribution is 6.16. The van der Waals surface area contributed by atoms with Gasteiger partial charge >= 0.3 is 17.9 Å². The SMILES string of the molecule is C=C1C(=O)[C@@]23C(=O)O[C@H]4CCC(C)(C)[C@H]5C(=O)OC[C@@]45[C@@H]2CC[C@@H]1[C@H]3OC(=O)/C=C/c1ccccc1. The molecule has 2 heterocycles. The van der Waals surface area contributed by atoms with Crippen LogP contribution in [0.3, 0.4) is 0 Å². The number of ether oxygens (including phenoxy) is 3. The molecule has 1 aromatic carbocycles. The fourth-order valence-corrected chi connectivity index (χ4v) is 8.18. The molecule has 3 saturated carbocycles. The van der Waals surface area contributed by atoms with E-state index in [1.807, 2.05) is 44.2 Å². The van der Waals surface area contributed by atoms with Crippen LogP contribution in [0.15, 0.2) is 48.6 Å². The molecule has 5 aliphatic rings. The maximum Gasteiger partial charge on any atom is 0.331 e. The summed E-state index contributed by atoms with van der Waals surface area (Å²) in [5, 5.41) is 0. The van der Waals surface area contributed by atoms with Gasteiger partial charge in [-0.2, -0.15) is 0 Å². The van der Waals surface area contributed by atoms with E-state index in [4.69, 9.17) is 14.2 Å². The molecule has 5 fully saturated rings. The lowest BCUT2D eigenvalue weighted by molar-refractivity contribution is -0.246. The second-order valence-corrected chi connectivity index (χ2v) is 11.6. The van der Waals surface area contributed by atoms with Gasteiger partial charge in [-0.1, -0.05) is 50.8 Å². The van der Waals surface area contributed by atoms with E-state index >= 15 is 0 Å². The standard InChI is InChI=1S/C29H30O7/c1-16-18-10-11-19-28-15-34-25(32)22(28)27(2,3)14-13-20(28)35-26(33)29(19,23(16)31)24(18)36-21(30)12-9-17-7-5-4-6-8-17/h4-9,12,18-20,22,24H,1,10-11,13-15H2,2-3H3/b12-9+/t18-,19-,20-,22+,24+,28+,29-/m0/s1. The zero-order valence-corrected chi connectivity index (χ0v) is 20.5. The molecule has 2 saturated heterocycles. The molecule has 0 N–H and O–H groups in total. The van der Waals surface area contributed by atoms with Crippen LogP contribution in [0.4, 0.5) is 0 Å². The van der Waals surface area contributed by atoms with E-state index < -0.39 is 58.5 Å². The van der Waals surface area contributed by atoms with Crippen LogP contribution in [-0.2, 0) is 33.4 Å². The minimum absolute atomic E-state index is 0.100. The third-order valence-corrected chi connectivity index (χ3v) is 9.60. The molecule has 2 bridgehead atoms. The summed E-state index contributed by atoms with van der Waals surface area (Å²) in [6, 6.07) is 9.31. The third kappa shape index (κ3) is 2.80. The molecule has 0 amide bonds. The molecule has 1 aromatic rings. The average molecular weight is 491 g/mol. The van der Waals surface area contributed by atoms with Gasteiger partial charge in [-0.3, -0.25) is 14.4 Å². The van der Waals surface area contributed by atoms with Gasteiger partial charge in [-0.05, 0) is 54.2 Å². The summed E-state index contributed by atoms with van der Waals surface area (Å²) in [6.45, 7) is 8.20. The summed E-state index contributed by atoms with van der Waals surface area (Å²) in [5.41, 5.74) is -1.79. The monoisotopic (exact) mass is 490 g/mol. The maximum atomic E-state index is 13.9. The third-order valence-electron chi connectivity index (χ3n) is 9.60. The molecule has 2 aliphatic heterocycles. The second-order valence-electron chi connectivity index (χ2n) is 11.6. The van der Waals surface area contributed by atoms with Crippen LogP contribution in [0.25, 0.3) is 6.08 Å². The first kappa shape index (κ1) is 23.2. The Hall–Kier alpha value is -3.22. The Morgan fingerprint density at radius 2 is 1.86 bits per heavy atom. The zero-order valence-electron chi connectivity index (χ0n) is 20.5. The summed E-state index contributed by atoms with van der Waals surface area (Å²) in [4.78, 5) is 53.8. The largest absolute Gasteiger partial charge is 0.465 e. The van der Waals surface area contributed by atoms with E-state index in [2.05, 4.69) is 6.58 Å². The summed E-state index contributed by atoms with van der Waals surface area (Å²) < 4.78 is 17.7. The van der Waals surface area contributed by atoms with Crippen LogP contribution in [-0.4, -0.2) is 42.5 Å². The van der Waals surface area contributed by atoms with Crippen LogP contribution in [0.5, 0.6) is 0 Å². The molecule has 7 atom stereocenters. The van der Waals surface area contributed by atoms with Crippen LogP contribution < -0.4 is 0 Å². The van der Waals surface area contributed by atoms with Gasteiger partial charge in [0.15, 0.2) is 11.2 Å². The fourth-order valence-electron chi connectivity index (χ4n) is 8.18. The Balaban J connectivity index is 1.42. The molecular formula is C29H30O7. The molecule has 0 unspecified atom stereocenters. The summed E-state index contributed by atoms with van der Waals surface area (Å²) in [7, 11) is 0. The van der Waals surface area contributed by atoms with E-state index in [1.165, 1.54) is 6.08 Å². The lowest BCUT2D eigenvalue weighted by Crippen LogP contribution is -2.71. The Morgan fingerprint density at radius 1 is 1.11 bits per heavy atom. The lowest BCUT2D eigenvalue weighted by atomic mass is 9.43. The Labute approximate surface area is 209 Å². The van der Waals surface area contributed by atoms with Crippen molar-refractivity contribution in [3.05, 3.63) is 54.1 Å². The highest BCUT2D eigenvalue weighted by Gasteiger charge is 2.81. The number of ketones is 1. The maximum absolute atomic E-state index is 13.9. The van der Waals surface area contributed by atoms with Crippen LogP contribution in [0.2, 0.25) is 0 Å². The number of rotatable bonds is 3. The van der Waals surface area contributed by atoms with Crippen molar-refractivity contribution in [1.29, 1.82) is 0 Å². The minimum Gasteiger partial charge on any atom is -0.465 e. The van der Waals surface area contributed by atoms with Crippen molar-refractivity contribution >= 4 is 29.8 Å². The molecule has 0 aromatic heterocycles. The molecule has 36 heavy (non-hydrogen) atoms. The topological polar surface area (TPSA) is 96.0 Å². The molecular weight excluding hydrogens is 460 g/mol. The van der Waals surface area contributed by atoms with Gasteiger partial charge in [0.2, 0.25) is 0 Å². The van der Waals surface area contributed by atoms with Crippen molar-refractivity contribution in [2.75, 3.05) is 6.61 Å². The first-order chi connectivity index (χ1) is 17.1. The summed E-state index contributed by atoms with van der Waals surface area (Å²) in [6.07, 6.45) is 3.80. The number of carbonyl (C=O) groups is 4. The van der Waals surface area contributed by atoms with Crippen LogP contribution in [0, 0.1) is 34.0 Å². The van der Waals surface area contributed by atoms with Crippen LogP contribution in [0.1, 0.15) is 45.1 Å². The predicted octanol–water partition coefficient (Wildman–Crippen LogP) is 3.67. The number of carbonyl (C=O) groups excluding carboxylic acids is 4. The Kier molecular flexibility index (Phi) is 4.92.